The van der Waals surface area contributed by atoms with E-state index in [2.05, 4.69) is 11.1 Å². The number of nitrogens with zero attached hydrogens (tertiary/aromatic N) is 2. The molecule has 6 heteroatoms. The van der Waals surface area contributed by atoms with Crippen LogP contribution in [0.25, 0.3) is 0 Å². The molecule has 1 aromatic rings. The monoisotopic (exact) mass is 366 g/mol. The van der Waals surface area contributed by atoms with E-state index in [0.717, 1.165) is 5.56 Å². The molecule has 0 saturated carbocycles. The zero-order valence-corrected chi connectivity index (χ0v) is 15.4. The maximum absolute atomic E-state index is 12.1. The van der Waals surface area contributed by atoms with Gasteiger partial charge in [0.1, 0.15) is 0 Å². The van der Waals surface area contributed by atoms with Gasteiger partial charge in [-0.25, -0.2) is 4.79 Å². The van der Waals surface area contributed by atoms with Gasteiger partial charge in [-0.3, -0.25) is 4.99 Å². The van der Waals surface area contributed by atoms with Gasteiger partial charge in [-0.05, 0) is 37.5 Å². The molecule has 24 heavy (non-hydrogen) atoms. The molecule has 0 bridgehead atoms. The number of rotatable bonds is 4. The zero-order chi connectivity index (χ0) is 18.1. The van der Waals surface area contributed by atoms with Crippen molar-refractivity contribution < 1.29 is 9.90 Å². The Bertz CT molecular complexity index is 726. The average Bonchev–Trinajstić information content (AvgIpc) is 2.53. The van der Waals surface area contributed by atoms with Crippen molar-refractivity contribution in [1.82, 2.24) is 0 Å². The summed E-state index contributed by atoms with van der Waals surface area (Å²) in [6, 6.07) is 7.44. The first kappa shape index (κ1) is 18.8. The lowest BCUT2D eigenvalue weighted by Gasteiger charge is -2.44. The van der Waals surface area contributed by atoms with Gasteiger partial charge in [0.25, 0.3) is 0 Å². The third-order valence-corrected chi connectivity index (χ3v) is 5.60. The minimum absolute atomic E-state index is 0.327. The fraction of sp³-hybridized carbons (Fsp3) is 0.500. The predicted octanol–water partition coefficient (Wildman–Crippen LogP) is 4.95. The molecule has 4 atom stereocenters. The van der Waals surface area contributed by atoms with E-state index in [1.807, 2.05) is 13.8 Å². The Balaban J connectivity index is 2.73. The van der Waals surface area contributed by atoms with Crippen molar-refractivity contribution in [2.45, 2.75) is 45.1 Å². The Morgan fingerprint density at radius 1 is 1.42 bits per heavy atom. The van der Waals surface area contributed by atoms with Gasteiger partial charge in [-0.2, -0.15) is 5.26 Å². The zero-order valence-electron chi connectivity index (χ0n) is 13.9. The van der Waals surface area contributed by atoms with Gasteiger partial charge in [0, 0.05) is 27.6 Å². The summed E-state index contributed by atoms with van der Waals surface area (Å²) >= 11 is 12.4. The molecule has 0 radical (unpaired) electrons. The van der Waals surface area contributed by atoms with Crippen LogP contribution in [0, 0.1) is 23.2 Å². The number of aliphatic carboxylic acids is 1. The number of hydrogen-bond donors (Lipinski definition) is 1. The second-order valence-electron chi connectivity index (χ2n) is 6.15. The maximum atomic E-state index is 12.1. The normalized spacial score (nSPS) is 29.7. The third kappa shape index (κ3) is 2.92. The molecule has 4 unspecified atom stereocenters. The summed E-state index contributed by atoms with van der Waals surface area (Å²) in [5, 5.41) is 20.5. The first-order chi connectivity index (χ1) is 11.3. The van der Waals surface area contributed by atoms with Crippen molar-refractivity contribution in [1.29, 1.82) is 5.26 Å². The van der Waals surface area contributed by atoms with Gasteiger partial charge in [0.05, 0.1) is 12.0 Å². The number of carbonyl (C=O) groups is 1. The molecule has 1 aliphatic rings. The molecule has 1 N–H and O–H groups in total. The van der Waals surface area contributed by atoms with Gasteiger partial charge in [-0.15, -0.1) is 0 Å². The van der Waals surface area contributed by atoms with Crippen LogP contribution in [0.15, 0.2) is 23.2 Å². The van der Waals surface area contributed by atoms with Gasteiger partial charge >= 0.3 is 5.97 Å². The molecule has 0 fully saturated rings. The van der Waals surface area contributed by atoms with Crippen molar-refractivity contribution >= 4 is 34.9 Å². The smallest absolute Gasteiger partial charge is 0.331 e. The van der Waals surface area contributed by atoms with E-state index in [1.165, 1.54) is 0 Å². The highest BCUT2D eigenvalue weighted by molar-refractivity contribution is 6.35. The molecule has 0 amide bonds. The Labute approximate surface area is 152 Å². The highest BCUT2D eigenvalue weighted by Gasteiger charge is 2.53. The fourth-order valence-corrected chi connectivity index (χ4v) is 4.42. The summed E-state index contributed by atoms with van der Waals surface area (Å²) in [7, 11) is 0. The minimum Gasteiger partial charge on any atom is -0.479 e. The van der Waals surface area contributed by atoms with Gasteiger partial charge in [0.15, 0.2) is 5.54 Å². The van der Waals surface area contributed by atoms with Crippen molar-refractivity contribution in [3.8, 4) is 6.07 Å². The number of nitriles is 1. The van der Waals surface area contributed by atoms with E-state index < -0.39 is 17.4 Å². The van der Waals surface area contributed by atoms with Crippen molar-refractivity contribution in [3.63, 3.8) is 0 Å². The summed E-state index contributed by atoms with van der Waals surface area (Å²) in [5.74, 6) is -2.12. The highest BCUT2D eigenvalue weighted by Crippen LogP contribution is 2.49. The predicted molar refractivity (Wildman–Crippen MR) is 95.9 cm³/mol. The van der Waals surface area contributed by atoms with Crippen LogP contribution >= 0.6 is 23.2 Å². The van der Waals surface area contributed by atoms with E-state index >= 15 is 0 Å². The summed E-state index contributed by atoms with van der Waals surface area (Å²) in [6.45, 7) is 5.48. The van der Waals surface area contributed by atoms with E-state index in [4.69, 9.17) is 23.2 Å². The van der Waals surface area contributed by atoms with Crippen molar-refractivity contribution in [3.05, 3.63) is 33.8 Å². The minimum atomic E-state index is -1.24. The topological polar surface area (TPSA) is 73.5 Å². The van der Waals surface area contributed by atoms with E-state index in [9.17, 15) is 15.2 Å². The van der Waals surface area contributed by atoms with Crippen LogP contribution in [0.5, 0.6) is 0 Å². The Morgan fingerprint density at radius 2 is 2.08 bits per heavy atom. The van der Waals surface area contributed by atoms with E-state index in [0.29, 0.717) is 28.6 Å². The lowest BCUT2D eigenvalue weighted by molar-refractivity contribution is -0.146. The summed E-state index contributed by atoms with van der Waals surface area (Å²) < 4.78 is 0. The van der Waals surface area contributed by atoms with Crippen LogP contribution in [0.4, 0.5) is 0 Å². The van der Waals surface area contributed by atoms with Crippen molar-refractivity contribution in [2.24, 2.45) is 16.8 Å². The first-order valence-corrected chi connectivity index (χ1v) is 8.72. The average molecular weight is 367 g/mol. The molecule has 0 saturated heterocycles. The van der Waals surface area contributed by atoms with Crippen LogP contribution in [-0.4, -0.2) is 22.3 Å². The van der Waals surface area contributed by atoms with Gasteiger partial charge < -0.3 is 5.11 Å². The molecule has 1 heterocycles. The van der Waals surface area contributed by atoms with Gasteiger partial charge in [0.2, 0.25) is 0 Å². The molecule has 0 spiro atoms. The molecule has 2 rings (SSSR count). The number of carboxylic acid groups (broad SMARTS) is 1. The van der Waals surface area contributed by atoms with Crippen LogP contribution in [0.1, 0.15) is 45.1 Å². The molecular weight excluding hydrogens is 347 g/mol. The number of benzene rings is 1. The third-order valence-electron chi connectivity index (χ3n) is 5.04. The number of halogens is 2. The summed E-state index contributed by atoms with van der Waals surface area (Å²) in [6.07, 6.45) is 0.941. The molecule has 1 aromatic carbocycles. The second kappa shape index (κ2) is 7.13. The number of hydrogen-bond acceptors (Lipinski definition) is 3. The lowest BCUT2D eigenvalue weighted by atomic mass is 9.63. The highest BCUT2D eigenvalue weighted by atomic mass is 35.5. The molecule has 1 aliphatic heterocycles. The van der Waals surface area contributed by atoms with Crippen LogP contribution in [0.2, 0.25) is 10.0 Å². The van der Waals surface area contributed by atoms with E-state index in [-0.39, 0.29) is 11.8 Å². The Hall–Kier alpha value is -1.57. The number of aliphatic imine (C=N–C) groups is 1. The SMILES string of the molecule is CCC1C(c2ccc(Cl)cc2Cl)C(C#N)C(C)=NC1(CC)C(=O)O. The molecule has 0 aliphatic carbocycles. The fourth-order valence-electron chi connectivity index (χ4n) is 3.89. The van der Waals surface area contributed by atoms with Crippen LogP contribution in [-0.2, 0) is 4.79 Å². The van der Waals surface area contributed by atoms with Gasteiger partial charge in [-0.1, -0.05) is 43.1 Å². The summed E-state index contributed by atoms with van der Waals surface area (Å²) in [5.41, 5.74) is 0.0649. The molecule has 128 valence electrons. The largest absolute Gasteiger partial charge is 0.479 e. The van der Waals surface area contributed by atoms with Crippen LogP contribution in [0.3, 0.4) is 0 Å². The Kier molecular flexibility index (Phi) is 5.57. The number of carboxylic acids is 1. The second-order valence-corrected chi connectivity index (χ2v) is 6.99. The first-order valence-electron chi connectivity index (χ1n) is 7.96. The van der Waals surface area contributed by atoms with Crippen molar-refractivity contribution in [2.75, 3.05) is 0 Å². The molecule has 0 aromatic heterocycles. The standard InChI is InChI=1S/C18H20Cl2N2O2/c1-4-14-16(12-7-6-11(19)8-15(12)20)13(9-21)10(3)22-18(14,5-2)17(23)24/h6-8,13-14,16H,4-5H2,1-3H3,(H,23,24). The summed E-state index contributed by atoms with van der Waals surface area (Å²) in [4.78, 5) is 16.6. The maximum Gasteiger partial charge on any atom is 0.331 e. The van der Waals surface area contributed by atoms with Crippen LogP contribution < -0.4 is 0 Å². The Morgan fingerprint density at radius 3 is 2.54 bits per heavy atom. The van der Waals surface area contributed by atoms with E-state index in [1.54, 1.807) is 25.1 Å². The quantitative estimate of drug-likeness (QED) is 0.818. The lowest BCUT2D eigenvalue weighted by Crippen LogP contribution is -2.52. The molecular formula is C18H20Cl2N2O2. The molecule has 4 nitrogen and oxygen atoms in total.